The minimum atomic E-state index is 0.0526. The third-order valence-electron chi connectivity index (χ3n) is 4.04. The fourth-order valence-corrected chi connectivity index (χ4v) is 2.97. The normalized spacial score (nSPS) is 13.0. The van der Waals surface area contributed by atoms with Crippen LogP contribution in [-0.4, -0.2) is 12.4 Å². The Bertz CT molecular complexity index is 686. The van der Waals surface area contributed by atoms with Crippen LogP contribution in [-0.2, 0) is 12.8 Å². The summed E-state index contributed by atoms with van der Waals surface area (Å²) in [7, 11) is 0. The number of benzene rings is 2. The van der Waals surface area contributed by atoms with Gasteiger partial charge in [-0.2, -0.15) is 0 Å². The van der Waals surface area contributed by atoms with Crippen molar-refractivity contribution in [1.82, 2.24) is 0 Å². The molecule has 0 radical (unpaired) electrons. The van der Waals surface area contributed by atoms with Crippen LogP contribution in [0.25, 0.3) is 0 Å². The first-order valence-electron chi connectivity index (χ1n) is 7.59. The molecule has 0 heterocycles. The van der Waals surface area contributed by atoms with Crippen molar-refractivity contribution in [1.29, 1.82) is 0 Å². The summed E-state index contributed by atoms with van der Waals surface area (Å²) < 4.78 is 5.61. The Morgan fingerprint density at radius 2 is 1.90 bits per heavy atom. The van der Waals surface area contributed by atoms with Gasteiger partial charge in [0, 0.05) is 5.56 Å². The maximum atomic E-state index is 12.8. The Labute approximate surface area is 125 Å². The molecule has 0 saturated carbocycles. The van der Waals surface area contributed by atoms with Crippen LogP contribution in [0.15, 0.2) is 36.4 Å². The van der Waals surface area contributed by atoms with Gasteiger partial charge in [-0.25, -0.2) is 0 Å². The molecule has 0 unspecified atom stereocenters. The molecule has 0 fully saturated rings. The predicted octanol–water partition coefficient (Wildman–Crippen LogP) is 4.11. The molecule has 2 aromatic carbocycles. The number of carbonyl (C=O) groups excluding carboxylic acids is 1. The fraction of sp³-hybridized carbons (Fsp3) is 0.316. The summed E-state index contributed by atoms with van der Waals surface area (Å²) in [4.78, 5) is 12.8. The molecule has 2 heteroatoms. The first kappa shape index (κ1) is 13.9. The molecular weight excluding hydrogens is 260 g/mol. The number of hydrogen-bond donors (Lipinski definition) is 0. The van der Waals surface area contributed by atoms with Crippen LogP contribution in [0.2, 0.25) is 0 Å². The highest BCUT2D eigenvalue weighted by molar-refractivity contribution is 6.11. The molecule has 1 aliphatic rings. The van der Waals surface area contributed by atoms with Crippen LogP contribution in [0.3, 0.4) is 0 Å². The van der Waals surface area contributed by atoms with Crippen LogP contribution < -0.4 is 4.74 Å². The minimum Gasteiger partial charge on any atom is -0.493 e. The quantitative estimate of drug-likeness (QED) is 0.788. The summed E-state index contributed by atoms with van der Waals surface area (Å²) in [5.41, 5.74) is 5.22. The zero-order valence-corrected chi connectivity index (χ0v) is 12.6. The van der Waals surface area contributed by atoms with Gasteiger partial charge < -0.3 is 4.74 Å². The lowest BCUT2D eigenvalue weighted by molar-refractivity contribution is 0.103. The van der Waals surface area contributed by atoms with Crippen molar-refractivity contribution < 1.29 is 9.53 Å². The monoisotopic (exact) mass is 280 g/mol. The molecule has 0 aromatic heterocycles. The minimum absolute atomic E-state index is 0.0526. The number of fused-ring (bicyclic) bond motifs is 1. The average Bonchev–Trinajstić information content (AvgIpc) is 2.96. The van der Waals surface area contributed by atoms with Gasteiger partial charge in [0.15, 0.2) is 5.78 Å². The Morgan fingerprint density at radius 1 is 1.10 bits per heavy atom. The summed E-state index contributed by atoms with van der Waals surface area (Å²) in [5, 5.41) is 0. The van der Waals surface area contributed by atoms with Gasteiger partial charge >= 0.3 is 0 Å². The van der Waals surface area contributed by atoms with Crippen LogP contribution in [0.1, 0.15) is 46.0 Å². The fourth-order valence-electron chi connectivity index (χ4n) is 2.97. The van der Waals surface area contributed by atoms with E-state index in [2.05, 4.69) is 12.1 Å². The molecule has 0 bridgehead atoms. The second-order valence-electron chi connectivity index (χ2n) is 5.60. The lowest BCUT2D eigenvalue weighted by atomic mass is 9.97. The molecule has 21 heavy (non-hydrogen) atoms. The molecule has 1 aliphatic carbocycles. The van der Waals surface area contributed by atoms with E-state index in [-0.39, 0.29) is 5.78 Å². The molecule has 0 atom stereocenters. The maximum Gasteiger partial charge on any atom is 0.196 e. The van der Waals surface area contributed by atoms with Gasteiger partial charge in [-0.3, -0.25) is 4.79 Å². The van der Waals surface area contributed by atoms with Crippen LogP contribution >= 0.6 is 0 Å². The summed E-state index contributed by atoms with van der Waals surface area (Å²) in [6.45, 7) is 4.49. The highest BCUT2D eigenvalue weighted by Crippen LogP contribution is 2.27. The van der Waals surface area contributed by atoms with Crippen LogP contribution in [0.4, 0.5) is 0 Å². The second-order valence-corrected chi connectivity index (χ2v) is 5.60. The van der Waals surface area contributed by atoms with E-state index in [4.69, 9.17) is 4.74 Å². The van der Waals surface area contributed by atoms with Gasteiger partial charge in [0.2, 0.25) is 0 Å². The number of rotatable bonds is 4. The van der Waals surface area contributed by atoms with Crippen molar-refractivity contribution in [2.45, 2.75) is 33.1 Å². The van der Waals surface area contributed by atoms with Gasteiger partial charge in [-0.05, 0) is 62.4 Å². The van der Waals surface area contributed by atoms with E-state index in [1.54, 1.807) is 0 Å². The molecule has 108 valence electrons. The number of ketones is 1. The first-order valence-corrected chi connectivity index (χ1v) is 7.59. The SMILES string of the molecule is CCOc1ccc(C)cc1C(=O)c1ccc2c(c1)CCC2. The molecule has 0 spiro atoms. The highest BCUT2D eigenvalue weighted by atomic mass is 16.5. The number of hydrogen-bond acceptors (Lipinski definition) is 2. The van der Waals surface area contributed by atoms with E-state index >= 15 is 0 Å². The molecular formula is C19H20O2. The van der Waals surface area contributed by atoms with Crippen LogP contribution in [0.5, 0.6) is 5.75 Å². The summed E-state index contributed by atoms with van der Waals surface area (Å²) in [6, 6.07) is 11.9. The van der Waals surface area contributed by atoms with Gasteiger partial charge in [-0.15, -0.1) is 0 Å². The van der Waals surface area contributed by atoms with Crippen molar-refractivity contribution in [2.24, 2.45) is 0 Å². The predicted molar refractivity (Wildman–Crippen MR) is 84.2 cm³/mol. The molecule has 3 rings (SSSR count). The van der Waals surface area contributed by atoms with Crippen molar-refractivity contribution in [2.75, 3.05) is 6.61 Å². The summed E-state index contributed by atoms with van der Waals surface area (Å²) in [6.07, 6.45) is 3.42. The van der Waals surface area contributed by atoms with E-state index < -0.39 is 0 Å². The highest BCUT2D eigenvalue weighted by Gasteiger charge is 2.18. The van der Waals surface area contributed by atoms with Crippen molar-refractivity contribution in [3.63, 3.8) is 0 Å². The van der Waals surface area contributed by atoms with Gasteiger partial charge in [-0.1, -0.05) is 23.8 Å². The standard InChI is InChI=1S/C19H20O2/c1-3-21-18-10-7-13(2)11-17(18)19(20)16-9-8-14-5-4-6-15(14)12-16/h7-12H,3-6H2,1-2H3. The number of carbonyl (C=O) groups is 1. The Balaban J connectivity index is 2.00. The van der Waals surface area contributed by atoms with Crippen molar-refractivity contribution in [3.05, 3.63) is 64.2 Å². The third-order valence-corrected chi connectivity index (χ3v) is 4.04. The van der Waals surface area contributed by atoms with Gasteiger partial charge in [0.25, 0.3) is 0 Å². The molecule has 0 aliphatic heterocycles. The van der Waals surface area contributed by atoms with E-state index in [9.17, 15) is 4.79 Å². The third kappa shape index (κ3) is 2.71. The largest absolute Gasteiger partial charge is 0.493 e. The number of ether oxygens (including phenoxy) is 1. The average molecular weight is 280 g/mol. The van der Waals surface area contributed by atoms with Crippen LogP contribution in [0, 0.1) is 6.92 Å². The Kier molecular flexibility index (Phi) is 3.78. The summed E-state index contributed by atoms with van der Waals surface area (Å²) >= 11 is 0. The summed E-state index contributed by atoms with van der Waals surface area (Å²) in [5.74, 6) is 0.727. The molecule has 0 saturated heterocycles. The van der Waals surface area contributed by atoms with E-state index in [0.717, 1.165) is 24.0 Å². The second kappa shape index (κ2) is 5.72. The zero-order chi connectivity index (χ0) is 14.8. The van der Waals surface area contributed by atoms with Gasteiger partial charge in [0.05, 0.1) is 12.2 Å². The molecule has 0 amide bonds. The number of aryl methyl sites for hydroxylation is 3. The van der Waals surface area contributed by atoms with Crippen molar-refractivity contribution in [3.8, 4) is 5.75 Å². The first-order chi connectivity index (χ1) is 10.2. The van der Waals surface area contributed by atoms with Gasteiger partial charge in [0.1, 0.15) is 5.75 Å². The topological polar surface area (TPSA) is 26.3 Å². The maximum absolute atomic E-state index is 12.8. The van der Waals surface area contributed by atoms with E-state index in [1.165, 1.54) is 17.5 Å². The van der Waals surface area contributed by atoms with Crippen molar-refractivity contribution >= 4 is 5.78 Å². The smallest absolute Gasteiger partial charge is 0.196 e. The zero-order valence-electron chi connectivity index (χ0n) is 12.6. The molecule has 0 N–H and O–H groups in total. The molecule has 2 aromatic rings. The Hall–Kier alpha value is -2.09. The molecule has 2 nitrogen and oxygen atoms in total. The van der Waals surface area contributed by atoms with E-state index in [1.807, 2.05) is 38.1 Å². The van der Waals surface area contributed by atoms with E-state index in [0.29, 0.717) is 17.9 Å². The lowest BCUT2D eigenvalue weighted by Crippen LogP contribution is -2.06. The lowest BCUT2D eigenvalue weighted by Gasteiger charge is -2.11. The Morgan fingerprint density at radius 3 is 2.71 bits per heavy atom.